The van der Waals surface area contributed by atoms with Crippen LogP contribution in [0.15, 0.2) is 0 Å². The fourth-order valence-corrected chi connectivity index (χ4v) is 2.31. The standard InChI is InChI=1S/C11H18N2O4S/c12-9(14)6-18-4-3-10(15)13-8(5-11(16)17)7-1-2-7/h7-8H,1-6H2,(H2,12,14)(H,13,15)(H,16,17). The zero-order chi connectivity index (χ0) is 13.5. The molecule has 102 valence electrons. The van der Waals surface area contributed by atoms with Crippen molar-refractivity contribution in [1.82, 2.24) is 5.32 Å². The molecule has 0 saturated heterocycles. The van der Waals surface area contributed by atoms with Crippen LogP contribution in [0.1, 0.15) is 25.7 Å². The van der Waals surface area contributed by atoms with Gasteiger partial charge in [0, 0.05) is 18.2 Å². The lowest BCUT2D eigenvalue weighted by Crippen LogP contribution is -2.38. The van der Waals surface area contributed by atoms with E-state index in [0.717, 1.165) is 12.8 Å². The molecular weight excluding hydrogens is 256 g/mol. The van der Waals surface area contributed by atoms with Crippen LogP contribution in [0.25, 0.3) is 0 Å². The molecule has 7 heteroatoms. The summed E-state index contributed by atoms with van der Waals surface area (Å²) in [5.41, 5.74) is 4.97. The van der Waals surface area contributed by atoms with Crippen molar-refractivity contribution in [2.75, 3.05) is 11.5 Å². The first kappa shape index (κ1) is 14.8. The summed E-state index contributed by atoms with van der Waals surface area (Å²) < 4.78 is 0. The third-order valence-electron chi connectivity index (χ3n) is 2.65. The Hall–Kier alpha value is -1.24. The van der Waals surface area contributed by atoms with Crippen LogP contribution in [0.4, 0.5) is 0 Å². The number of carbonyl (C=O) groups is 3. The quantitative estimate of drug-likeness (QED) is 0.511. The van der Waals surface area contributed by atoms with Crippen molar-refractivity contribution in [3.63, 3.8) is 0 Å². The highest BCUT2D eigenvalue weighted by atomic mass is 32.2. The van der Waals surface area contributed by atoms with E-state index >= 15 is 0 Å². The molecule has 1 unspecified atom stereocenters. The van der Waals surface area contributed by atoms with E-state index in [-0.39, 0.29) is 30.5 Å². The maximum absolute atomic E-state index is 11.6. The van der Waals surface area contributed by atoms with Gasteiger partial charge in [0.05, 0.1) is 12.2 Å². The van der Waals surface area contributed by atoms with Crippen molar-refractivity contribution in [2.45, 2.75) is 31.7 Å². The number of aliphatic carboxylic acids is 1. The Bertz CT molecular complexity index is 331. The van der Waals surface area contributed by atoms with E-state index in [0.29, 0.717) is 11.7 Å². The van der Waals surface area contributed by atoms with Crippen LogP contribution in [-0.2, 0) is 14.4 Å². The Kier molecular flexibility index (Phi) is 5.97. The molecule has 0 bridgehead atoms. The van der Waals surface area contributed by atoms with Crippen molar-refractivity contribution in [2.24, 2.45) is 11.7 Å². The highest BCUT2D eigenvalue weighted by Gasteiger charge is 2.33. The van der Waals surface area contributed by atoms with Gasteiger partial charge < -0.3 is 16.2 Å². The van der Waals surface area contributed by atoms with Gasteiger partial charge in [-0.25, -0.2) is 0 Å². The monoisotopic (exact) mass is 274 g/mol. The topological polar surface area (TPSA) is 109 Å². The smallest absolute Gasteiger partial charge is 0.305 e. The van der Waals surface area contributed by atoms with Crippen molar-refractivity contribution in [3.05, 3.63) is 0 Å². The van der Waals surface area contributed by atoms with Gasteiger partial charge in [-0.2, -0.15) is 11.8 Å². The molecule has 1 rings (SSSR count). The van der Waals surface area contributed by atoms with Crippen molar-refractivity contribution < 1.29 is 19.5 Å². The molecule has 0 aliphatic heterocycles. The first-order valence-electron chi connectivity index (χ1n) is 5.86. The fourth-order valence-electron chi connectivity index (χ4n) is 1.64. The second-order valence-electron chi connectivity index (χ2n) is 4.38. The lowest BCUT2D eigenvalue weighted by Gasteiger charge is -2.15. The molecule has 0 aromatic heterocycles. The Morgan fingerprint density at radius 2 is 2.06 bits per heavy atom. The number of nitrogens with two attached hydrogens (primary N) is 1. The molecule has 1 saturated carbocycles. The van der Waals surface area contributed by atoms with Gasteiger partial charge in [0.1, 0.15) is 0 Å². The average Bonchev–Trinajstić information content (AvgIpc) is 3.06. The molecule has 1 fully saturated rings. The Balaban J connectivity index is 2.20. The lowest BCUT2D eigenvalue weighted by molar-refractivity contribution is -0.138. The molecule has 0 radical (unpaired) electrons. The summed E-state index contributed by atoms with van der Waals surface area (Å²) in [5.74, 6) is -0.431. The lowest BCUT2D eigenvalue weighted by atomic mass is 10.1. The second-order valence-corrected chi connectivity index (χ2v) is 5.48. The number of carbonyl (C=O) groups excluding carboxylic acids is 2. The van der Waals surface area contributed by atoms with Crippen LogP contribution < -0.4 is 11.1 Å². The highest BCUT2D eigenvalue weighted by molar-refractivity contribution is 7.99. The van der Waals surface area contributed by atoms with E-state index in [1.54, 1.807) is 0 Å². The molecule has 1 aliphatic rings. The van der Waals surface area contributed by atoms with Crippen LogP contribution in [0.5, 0.6) is 0 Å². The van der Waals surface area contributed by atoms with Crippen LogP contribution in [0.2, 0.25) is 0 Å². The van der Waals surface area contributed by atoms with E-state index in [2.05, 4.69) is 5.32 Å². The predicted octanol–water partition coefficient (Wildman–Crippen LogP) is -0.0355. The van der Waals surface area contributed by atoms with Gasteiger partial charge in [-0.1, -0.05) is 0 Å². The molecule has 6 nitrogen and oxygen atoms in total. The minimum Gasteiger partial charge on any atom is -0.481 e. The number of primary amides is 1. The van der Waals surface area contributed by atoms with Gasteiger partial charge in [0.2, 0.25) is 11.8 Å². The van der Waals surface area contributed by atoms with Gasteiger partial charge >= 0.3 is 5.97 Å². The predicted molar refractivity (Wildman–Crippen MR) is 68.0 cm³/mol. The number of amides is 2. The molecule has 4 N–H and O–H groups in total. The van der Waals surface area contributed by atoms with E-state index in [1.807, 2.05) is 0 Å². The van der Waals surface area contributed by atoms with Gasteiger partial charge in [0.15, 0.2) is 0 Å². The maximum atomic E-state index is 11.6. The number of hydrogen-bond acceptors (Lipinski definition) is 4. The third kappa shape index (κ3) is 6.48. The number of hydrogen-bond donors (Lipinski definition) is 3. The minimum absolute atomic E-state index is 0.0230. The summed E-state index contributed by atoms with van der Waals surface area (Å²) in [6.07, 6.45) is 2.22. The number of carboxylic acids is 1. The van der Waals surface area contributed by atoms with E-state index < -0.39 is 11.9 Å². The molecule has 1 aliphatic carbocycles. The SMILES string of the molecule is NC(=O)CSCCC(=O)NC(CC(=O)O)C1CC1. The molecule has 18 heavy (non-hydrogen) atoms. The fraction of sp³-hybridized carbons (Fsp3) is 0.727. The van der Waals surface area contributed by atoms with Crippen LogP contribution in [0.3, 0.4) is 0 Å². The first-order chi connectivity index (χ1) is 8.49. The number of rotatable bonds is 9. The highest BCUT2D eigenvalue weighted by Crippen LogP contribution is 2.34. The molecular formula is C11H18N2O4S. The largest absolute Gasteiger partial charge is 0.481 e. The van der Waals surface area contributed by atoms with Crippen molar-refractivity contribution in [1.29, 1.82) is 0 Å². The summed E-state index contributed by atoms with van der Waals surface area (Å²) in [6.45, 7) is 0. The molecule has 2 amide bonds. The number of carboxylic acid groups (broad SMARTS) is 1. The third-order valence-corrected chi connectivity index (χ3v) is 3.63. The normalized spacial score (nSPS) is 16.0. The number of thioether (sulfide) groups is 1. The summed E-state index contributed by atoms with van der Waals surface area (Å²) >= 11 is 1.30. The summed E-state index contributed by atoms with van der Waals surface area (Å²) in [5, 5.41) is 11.5. The zero-order valence-electron chi connectivity index (χ0n) is 10.1. The summed E-state index contributed by atoms with van der Waals surface area (Å²) in [7, 11) is 0. The van der Waals surface area contributed by atoms with Gasteiger partial charge in [-0.05, 0) is 18.8 Å². The van der Waals surface area contributed by atoms with Crippen LogP contribution in [-0.4, -0.2) is 40.4 Å². The Labute approximate surface area is 110 Å². The zero-order valence-corrected chi connectivity index (χ0v) is 10.9. The number of nitrogens with one attached hydrogen (secondary N) is 1. The molecule has 0 aromatic carbocycles. The van der Waals surface area contributed by atoms with Gasteiger partial charge in [-0.15, -0.1) is 0 Å². The molecule has 0 spiro atoms. The van der Waals surface area contributed by atoms with Gasteiger partial charge in [-0.3, -0.25) is 14.4 Å². The Morgan fingerprint density at radius 3 is 2.56 bits per heavy atom. The molecule has 0 aromatic rings. The average molecular weight is 274 g/mol. The van der Waals surface area contributed by atoms with Gasteiger partial charge in [0.25, 0.3) is 0 Å². The van der Waals surface area contributed by atoms with Crippen LogP contribution >= 0.6 is 11.8 Å². The molecule has 0 heterocycles. The van der Waals surface area contributed by atoms with Crippen LogP contribution in [0, 0.1) is 5.92 Å². The summed E-state index contributed by atoms with van der Waals surface area (Å²) in [4.78, 5) is 32.7. The second kappa shape index (κ2) is 7.25. The Morgan fingerprint density at radius 1 is 1.39 bits per heavy atom. The first-order valence-corrected chi connectivity index (χ1v) is 7.01. The summed E-state index contributed by atoms with van der Waals surface area (Å²) in [6, 6.07) is -0.254. The van der Waals surface area contributed by atoms with E-state index in [4.69, 9.17) is 10.8 Å². The minimum atomic E-state index is -0.893. The van der Waals surface area contributed by atoms with Crippen molar-refractivity contribution in [3.8, 4) is 0 Å². The maximum Gasteiger partial charge on any atom is 0.305 e. The van der Waals surface area contributed by atoms with Crippen molar-refractivity contribution >= 4 is 29.5 Å². The van der Waals surface area contributed by atoms with E-state index in [9.17, 15) is 14.4 Å². The van der Waals surface area contributed by atoms with E-state index in [1.165, 1.54) is 11.8 Å². The molecule has 1 atom stereocenters.